The van der Waals surface area contributed by atoms with Crippen LogP contribution in [0.25, 0.3) is 72.3 Å². The molecular formula is C73H65BN4O. The van der Waals surface area contributed by atoms with Gasteiger partial charge in [0.15, 0.2) is 0 Å². The lowest BCUT2D eigenvalue weighted by atomic mass is 9.34. The van der Waals surface area contributed by atoms with Gasteiger partial charge in [-0.2, -0.15) is 0 Å². The quantitative estimate of drug-likeness (QED) is 0.0820. The van der Waals surface area contributed by atoms with Crippen LogP contribution in [-0.2, 0) is 10.8 Å². The van der Waals surface area contributed by atoms with Gasteiger partial charge in [-0.1, -0.05) is 224 Å². The number of aryl methyl sites for hydroxylation is 6. The number of benzene rings is 9. The third-order valence-corrected chi connectivity index (χ3v) is 16.9. The van der Waals surface area contributed by atoms with Crippen molar-refractivity contribution in [3.63, 3.8) is 0 Å². The number of hydrogen-bond donors (Lipinski definition) is 0. The van der Waals surface area contributed by atoms with E-state index in [1.165, 1.54) is 71.8 Å². The maximum atomic E-state index is 7.10. The minimum Gasteiger partial charge on any atom is -0.458 e. The lowest BCUT2D eigenvalue weighted by Crippen LogP contribution is -2.55. The molecule has 79 heavy (non-hydrogen) atoms. The minimum absolute atomic E-state index is 0.0349. The lowest BCUT2D eigenvalue weighted by molar-refractivity contribution is -0.571. The van der Waals surface area contributed by atoms with Crippen LogP contribution in [0.4, 0.5) is 0 Å². The summed E-state index contributed by atoms with van der Waals surface area (Å²) in [5, 5.41) is 2.32. The highest BCUT2D eigenvalue weighted by molar-refractivity contribution is 6.96. The van der Waals surface area contributed by atoms with E-state index in [-0.39, 0.29) is 17.5 Å². The van der Waals surface area contributed by atoms with Crippen molar-refractivity contribution < 1.29 is 9.30 Å². The molecule has 0 saturated carbocycles. The highest BCUT2D eigenvalue weighted by Crippen LogP contribution is 2.46. The highest BCUT2D eigenvalue weighted by Gasteiger charge is 2.36. The summed E-state index contributed by atoms with van der Waals surface area (Å²) in [4.78, 5) is 5.11. The predicted molar refractivity (Wildman–Crippen MR) is 330 cm³/mol. The Hall–Kier alpha value is -8.74. The maximum Gasteiger partial charge on any atom is 0.269 e. The molecule has 0 atom stereocenters. The fraction of sp³-hybridized carbons (Fsp3) is 0.178. The molecule has 3 aromatic heterocycles. The van der Waals surface area contributed by atoms with Gasteiger partial charge in [0, 0.05) is 28.5 Å². The third-order valence-electron chi connectivity index (χ3n) is 16.9. The molecule has 1 aliphatic heterocycles. The molecule has 5 nitrogen and oxygen atoms in total. The Labute approximate surface area is 465 Å². The Kier molecular flexibility index (Phi) is 11.8. The van der Waals surface area contributed by atoms with Crippen molar-refractivity contribution in [2.45, 2.75) is 87.0 Å². The van der Waals surface area contributed by atoms with Gasteiger partial charge in [0.25, 0.3) is 6.33 Å². The number of fused-ring (bicyclic) bond motifs is 5. The summed E-state index contributed by atoms with van der Waals surface area (Å²) in [6, 6.07) is 68.9. The summed E-state index contributed by atoms with van der Waals surface area (Å²) in [5.41, 5.74) is 26.2. The average molecular weight is 1030 g/mol. The summed E-state index contributed by atoms with van der Waals surface area (Å²) in [6.07, 6.45) is 5.91. The molecule has 0 radical (unpaired) electrons. The first-order valence-electron chi connectivity index (χ1n) is 27.8. The number of nitrogens with zero attached hydrogens (tertiary/aromatic N) is 4. The van der Waals surface area contributed by atoms with E-state index in [2.05, 4.69) is 284 Å². The third kappa shape index (κ3) is 8.30. The number of rotatable bonds is 9. The number of hydrogen-bond acceptors (Lipinski definition) is 2. The summed E-state index contributed by atoms with van der Waals surface area (Å²) in [7, 11) is 0. The molecule has 0 unspecified atom stereocenters. The van der Waals surface area contributed by atoms with Gasteiger partial charge in [-0.3, -0.25) is 13.7 Å². The molecule has 1 aliphatic rings. The molecule has 9 aromatic carbocycles. The van der Waals surface area contributed by atoms with Gasteiger partial charge in [-0.25, -0.2) is 4.98 Å². The van der Waals surface area contributed by atoms with Gasteiger partial charge in [-0.05, 0) is 128 Å². The van der Waals surface area contributed by atoms with E-state index in [1.54, 1.807) is 0 Å². The second-order valence-electron chi connectivity index (χ2n) is 23.8. The Morgan fingerprint density at radius 3 is 1.76 bits per heavy atom. The van der Waals surface area contributed by atoms with Gasteiger partial charge in [-0.15, -0.1) is 0 Å². The molecule has 13 rings (SSSR count). The van der Waals surface area contributed by atoms with Crippen LogP contribution in [0.2, 0.25) is 0 Å². The van der Waals surface area contributed by atoms with Crippen LogP contribution in [0, 0.1) is 47.9 Å². The molecule has 0 aliphatic carbocycles. The van der Waals surface area contributed by atoms with Crippen molar-refractivity contribution in [1.82, 2.24) is 14.1 Å². The van der Waals surface area contributed by atoms with E-state index >= 15 is 0 Å². The predicted octanol–water partition coefficient (Wildman–Crippen LogP) is 15.6. The molecule has 12 aromatic rings. The normalized spacial score (nSPS) is 12.8. The van der Waals surface area contributed by atoms with Gasteiger partial charge >= 0.3 is 0 Å². The van der Waals surface area contributed by atoms with E-state index < -0.39 is 0 Å². The Morgan fingerprint density at radius 1 is 0.544 bits per heavy atom. The summed E-state index contributed by atoms with van der Waals surface area (Å²) >= 11 is 0. The molecule has 6 heteroatoms. The molecule has 4 heterocycles. The summed E-state index contributed by atoms with van der Waals surface area (Å²) in [5.74, 6) is 2.37. The molecule has 0 saturated heterocycles. The van der Waals surface area contributed by atoms with E-state index in [1.807, 2.05) is 6.20 Å². The topological polar surface area (TPSA) is 35.9 Å². The fourth-order valence-electron chi connectivity index (χ4n) is 13.3. The van der Waals surface area contributed by atoms with Crippen LogP contribution in [0.3, 0.4) is 0 Å². The fourth-order valence-corrected chi connectivity index (χ4v) is 13.3. The smallest absolute Gasteiger partial charge is 0.269 e. The molecule has 0 fully saturated rings. The number of imidazole rings is 1. The number of pyridine rings is 1. The van der Waals surface area contributed by atoms with Crippen molar-refractivity contribution in [3.8, 4) is 50.9 Å². The Bertz CT molecular complexity index is 4260. The van der Waals surface area contributed by atoms with E-state index in [0.29, 0.717) is 0 Å². The molecule has 0 spiro atoms. The largest absolute Gasteiger partial charge is 0.458 e. The monoisotopic (exact) mass is 1020 g/mol. The minimum atomic E-state index is -0.311. The zero-order valence-corrected chi connectivity index (χ0v) is 47.2. The van der Waals surface area contributed by atoms with Crippen LogP contribution < -0.4 is 25.7 Å². The summed E-state index contributed by atoms with van der Waals surface area (Å²) < 4.78 is 14.0. The van der Waals surface area contributed by atoms with E-state index in [9.17, 15) is 0 Å². The second kappa shape index (κ2) is 18.7. The van der Waals surface area contributed by atoms with Crippen molar-refractivity contribution in [2.75, 3.05) is 0 Å². The Morgan fingerprint density at radius 2 is 1.14 bits per heavy atom. The highest BCUT2D eigenvalue weighted by atomic mass is 16.5. The number of ether oxygens (including phenoxy) is 1. The van der Waals surface area contributed by atoms with Crippen LogP contribution in [0.15, 0.2) is 194 Å². The Balaban J connectivity index is 0.976. The molecular weight excluding hydrogens is 960 g/mol. The molecule has 0 N–H and O–H groups in total. The van der Waals surface area contributed by atoms with Crippen LogP contribution in [-0.4, -0.2) is 20.8 Å². The zero-order valence-electron chi connectivity index (χ0n) is 47.2. The number of aromatic nitrogens is 4. The van der Waals surface area contributed by atoms with Crippen molar-refractivity contribution in [2.24, 2.45) is 0 Å². The van der Waals surface area contributed by atoms with Gasteiger partial charge < -0.3 is 4.74 Å². The van der Waals surface area contributed by atoms with Crippen LogP contribution >= 0.6 is 0 Å². The van der Waals surface area contributed by atoms with Gasteiger partial charge in [0.2, 0.25) is 6.71 Å². The second-order valence-corrected chi connectivity index (χ2v) is 23.8. The van der Waals surface area contributed by atoms with Crippen molar-refractivity contribution in [3.05, 3.63) is 251 Å². The van der Waals surface area contributed by atoms with E-state index in [0.717, 1.165) is 78.4 Å². The molecule has 0 amide bonds. The first-order valence-corrected chi connectivity index (χ1v) is 27.8. The molecule has 0 bridgehead atoms. The SMILES string of the molecule is Cc1cc(C)c(B(c2ccc3c(c2)c2ccc(Oc4ccc5c(c4)-n4[c-][n+](-c6c(-c7ccccc7)cccc6-c6ccccc6)c6cccc(c64)C5(C)C)cc2n3-c2cc(C(C)(C)C)ccn2)c2c(C)cc(C)cc2C)c(C)c1. The van der Waals surface area contributed by atoms with Gasteiger partial charge in [0.05, 0.1) is 33.4 Å². The lowest BCUT2D eigenvalue weighted by Gasteiger charge is -2.34. The van der Waals surface area contributed by atoms with E-state index in [4.69, 9.17) is 9.72 Å². The van der Waals surface area contributed by atoms with Gasteiger partial charge in [0.1, 0.15) is 17.3 Å². The molecule has 386 valence electrons. The van der Waals surface area contributed by atoms with Crippen molar-refractivity contribution in [1.29, 1.82) is 0 Å². The summed E-state index contributed by atoms with van der Waals surface area (Å²) in [6.45, 7) is 25.0. The maximum absolute atomic E-state index is 7.10. The standard InChI is InChI=1S/C73H65BN4O/c1-45-36-47(3)68(48(4)37-45)74(69-49(5)38-46(2)39-50(69)6)54-28-33-63-60(41-54)59-31-29-55(42-65(59)78(63)67-40-53(34-35-75-67)72(7,8)9)79-56-30-32-61-66(43-56)77-44-76(64-27-19-26-62(71(64)77)73(61,10)11)70-57(51-20-14-12-15-21-51)24-18-25-58(70)52-22-16-13-17-23-52/h12-43H,1-11H3. The average Bonchev–Trinajstić information content (AvgIpc) is 4.21. The zero-order chi connectivity index (χ0) is 54.6. The first kappa shape index (κ1) is 49.8. The van der Waals surface area contributed by atoms with Crippen LogP contribution in [0.1, 0.15) is 84.7 Å². The number of para-hydroxylation sites is 2. The van der Waals surface area contributed by atoms with Crippen LogP contribution in [0.5, 0.6) is 11.5 Å². The van der Waals surface area contributed by atoms with Crippen molar-refractivity contribution >= 4 is 55.9 Å². The first-order chi connectivity index (χ1) is 38.0.